The lowest BCUT2D eigenvalue weighted by Crippen LogP contribution is -1.78. The van der Waals surface area contributed by atoms with E-state index in [-0.39, 0.29) is 0 Å². The van der Waals surface area contributed by atoms with Gasteiger partial charge >= 0.3 is 0 Å². The first-order valence-corrected chi connectivity index (χ1v) is 3.38. The minimum atomic E-state index is -0.833. The average Bonchev–Trinajstić information content (AvgIpc) is 1.88. The molecule has 0 aliphatic rings. The Morgan fingerprint density at radius 1 is 1.64 bits per heavy atom. The minimum absolute atomic E-state index is 0.639. The van der Waals surface area contributed by atoms with Gasteiger partial charge in [-0.1, -0.05) is 13.3 Å². The summed E-state index contributed by atoms with van der Waals surface area (Å²) in [7, 11) is 0. The first kappa shape index (κ1) is 12.5. The number of aliphatic imine (C=N–C) groups is 1. The monoisotopic (exact) mass is 159 g/mol. The van der Waals surface area contributed by atoms with Crippen LogP contribution in [0.4, 0.5) is 0 Å². The van der Waals surface area contributed by atoms with Crippen molar-refractivity contribution in [3.8, 4) is 0 Å². The first-order valence-electron chi connectivity index (χ1n) is 3.38. The van der Waals surface area contributed by atoms with Crippen molar-refractivity contribution in [2.75, 3.05) is 6.54 Å². The molecule has 0 fully saturated rings. The molecule has 11 heavy (non-hydrogen) atoms. The van der Waals surface area contributed by atoms with E-state index in [0.717, 1.165) is 19.8 Å². The highest BCUT2D eigenvalue weighted by atomic mass is 16.4. The lowest BCUT2D eigenvalue weighted by Gasteiger charge is -1.80. The van der Waals surface area contributed by atoms with Crippen molar-refractivity contribution in [2.45, 2.75) is 26.7 Å². The maximum Gasteiger partial charge on any atom is 0.300 e. The van der Waals surface area contributed by atoms with Gasteiger partial charge in [0.2, 0.25) is 6.08 Å². The summed E-state index contributed by atoms with van der Waals surface area (Å²) in [4.78, 5) is 21.7. The predicted octanol–water partition coefficient (Wildman–Crippen LogP) is 1.21. The quantitative estimate of drug-likeness (QED) is 0.382. The van der Waals surface area contributed by atoms with Crippen molar-refractivity contribution in [3.05, 3.63) is 0 Å². The predicted molar refractivity (Wildman–Crippen MR) is 41.2 cm³/mol. The fourth-order valence-corrected chi connectivity index (χ4v) is 0.283. The van der Waals surface area contributed by atoms with Gasteiger partial charge in [-0.2, -0.15) is 0 Å². The summed E-state index contributed by atoms with van der Waals surface area (Å²) in [5.41, 5.74) is 0. The number of isocyanates is 1. The molecule has 0 bridgehead atoms. The Morgan fingerprint density at radius 3 is 2.36 bits per heavy atom. The third-order valence-electron chi connectivity index (χ3n) is 0.688. The van der Waals surface area contributed by atoms with Gasteiger partial charge in [0.1, 0.15) is 0 Å². The summed E-state index contributed by atoms with van der Waals surface area (Å²) >= 11 is 0. The van der Waals surface area contributed by atoms with Crippen molar-refractivity contribution in [3.63, 3.8) is 0 Å². The Bertz CT molecular complexity index is 135. The van der Waals surface area contributed by atoms with Gasteiger partial charge in [-0.15, -0.1) is 0 Å². The molecule has 0 unspecified atom stereocenters. The van der Waals surface area contributed by atoms with Crippen LogP contribution >= 0.6 is 0 Å². The van der Waals surface area contributed by atoms with Gasteiger partial charge in [0, 0.05) is 6.92 Å². The van der Waals surface area contributed by atoms with Gasteiger partial charge in [-0.3, -0.25) is 4.79 Å². The molecule has 0 aromatic heterocycles. The van der Waals surface area contributed by atoms with E-state index in [1.54, 1.807) is 0 Å². The third kappa shape index (κ3) is 51.1. The highest BCUT2D eigenvalue weighted by molar-refractivity contribution is 5.62. The highest BCUT2D eigenvalue weighted by Crippen LogP contribution is 1.83. The van der Waals surface area contributed by atoms with Crippen LogP contribution < -0.4 is 0 Å². The summed E-state index contributed by atoms with van der Waals surface area (Å²) in [6, 6.07) is 0. The van der Waals surface area contributed by atoms with Crippen molar-refractivity contribution in [2.24, 2.45) is 4.99 Å². The average molecular weight is 159 g/mol. The number of hydrogen-bond acceptors (Lipinski definition) is 3. The molecule has 0 aromatic rings. The van der Waals surface area contributed by atoms with Gasteiger partial charge in [-0.25, -0.2) is 9.79 Å². The van der Waals surface area contributed by atoms with Crippen LogP contribution in [0.25, 0.3) is 0 Å². The van der Waals surface area contributed by atoms with Crippen LogP contribution in [0, 0.1) is 0 Å². The Balaban J connectivity index is 0. The van der Waals surface area contributed by atoms with Crippen molar-refractivity contribution >= 4 is 12.0 Å². The molecule has 4 heteroatoms. The lowest BCUT2D eigenvalue weighted by molar-refractivity contribution is -0.134. The molecule has 0 saturated carbocycles. The van der Waals surface area contributed by atoms with Gasteiger partial charge in [-0.05, 0) is 6.42 Å². The SMILES string of the molecule is CC(=O)O.CCCCN=C=O. The maximum absolute atomic E-state index is 9.39. The van der Waals surface area contributed by atoms with Crippen molar-refractivity contribution in [1.29, 1.82) is 0 Å². The molecule has 0 aliphatic carbocycles. The molecule has 0 rings (SSSR count). The van der Waals surface area contributed by atoms with Gasteiger partial charge in [0.25, 0.3) is 5.97 Å². The van der Waals surface area contributed by atoms with Crippen LogP contribution in [-0.4, -0.2) is 23.7 Å². The number of carboxylic acids is 1. The zero-order chi connectivity index (χ0) is 9.11. The number of aliphatic carboxylic acids is 1. The standard InChI is InChI=1S/C5H9NO.C2H4O2/c1-2-3-4-6-5-7;1-2(3)4/h2-4H2,1H3;1H3,(H,3,4). The van der Waals surface area contributed by atoms with E-state index in [9.17, 15) is 4.79 Å². The van der Waals surface area contributed by atoms with Crippen LogP contribution in [-0.2, 0) is 9.59 Å². The lowest BCUT2D eigenvalue weighted by atomic mass is 10.3. The van der Waals surface area contributed by atoms with E-state index in [2.05, 4.69) is 11.9 Å². The molecule has 0 aromatic carbocycles. The molecular formula is C7H13NO3. The van der Waals surface area contributed by atoms with Gasteiger partial charge in [0.05, 0.1) is 6.54 Å². The summed E-state index contributed by atoms with van der Waals surface area (Å²) in [5, 5.41) is 7.42. The number of carboxylic acid groups (broad SMARTS) is 1. The molecule has 0 saturated heterocycles. The second kappa shape index (κ2) is 11.6. The Morgan fingerprint density at radius 2 is 2.09 bits per heavy atom. The fraction of sp³-hybridized carbons (Fsp3) is 0.714. The molecular weight excluding hydrogens is 146 g/mol. The van der Waals surface area contributed by atoms with E-state index < -0.39 is 5.97 Å². The van der Waals surface area contributed by atoms with E-state index in [4.69, 9.17) is 9.90 Å². The minimum Gasteiger partial charge on any atom is -0.481 e. The molecule has 4 nitrogen and oxygen atoms in total. The number of carbonyl (C=O) groups excluding carboxylic acids is 1. The topological polar surface area (TPSA) is 66.7 Å². The molecule has 0 radical (unpaired) electrons. The van der Waals surface area contributed by atoms with Crippen LogP contribution in [0.1, 0.15) is 26.7 Å². The zero-order valence-electron chi connectivity index (χ0n) is 6.83. The largest absolute Gasteiger partial charge is 0.481 e. The Kier molecular flexibility index (Phi) is 13.2. The van der Waals surface area contributed by atoms with E-state index in [1.165, 1.54) is 6.08 Å². The van der Waals surface area contributed by atoms with E-state index in [1.807, 2.05) is 0 Å². The second-order valence-corrected chi connectivity index (χ2v) is 1.85. The Labute approximate surface area is 65.9 Å². The number of hydrogen-bond donors (Lipinski definition) is 1. The molecule has 64 valence electrons. The summed E-state index contributed by atoms with van der Waals surface area (Å²) in [5.74, 6) is -0.833. The number of nitrogens with zero attached hydrogens (tertiary/aromatic N) is 1. The molecule has 0 spiro atoms. The van der Waals surface area contributed by atoms with Crippen LogP contribution in [0.15, 0.2) is 4.99 Å². The number of rotatable bonds is 3. The van der Waals surface area contributed by atoms with Crippen molar-refractivity contribution < 1.29 is 14.7 Å². The molecule has 0 heterocycles. The molecule has 0 amide bonds. The normalized spacial score (nSPS) is 7.09. The zero-order valence-corrected chi connectivity index (χ0v) is 6.83. The molecule has 1 N–H and O–H groups in total. The summed E-state index contributed by atoms with van der Waals surface area (Å²) in [6.45, 7) is 3.78. The molecule has 0 aliphatic heterocycles. The van der Waals surface area contributed by atoms with Crippen LogP contribution in [0.5, 0.6) is 0 Å². The maximum atomic E-state index is 9.39. The fourth-order valence-electron chi connectivity index (χ4n) is 0.283. The second-order valence-electron chi connectivity index (χ2n) is 1.85. The van der Waals surface area contributed by atoms with Crippen molar-refractivity contribution in [1.82, 2.24) is 0 Å². The van der Waals surface area contributed by atoms with Gasteiger partial charge < -0.3 is 5.11 Å². The van der Waals surface area contributed by atoms with Crippen LogP contribution in [0.3, 0.4) is 0 Å². The van der Waals surface area contributed by atoms with E-state index >= 15 is 0 Å². The smallest absolute Gasteiger partial charge is 0.300 e. The third-order valence-corrected chi connectivity index (χ3v) is 0.688. The highest BCUT2D eigenvalue weighted by Gasteiger charge is 1.74. The summed E-state index contributed by atoms with van der Waals surface area (Å²) in [6.07, 6.45) is 3.56. The van der Waals surface area contributed by atoms with Gasteiger partial charge in [0.15, 0.2) is 0 Å². The Hall–Kier alpha value is -1.15. The summed E-state index contributed by atoms with van der Waals surface area (Å²) < 4.78 is 0. The number of carbonyl (C=O) groups is 1. The number of unbranched alkanes of at least 4 members (excludes halogenated alkanes) is 1. The first-order chi connectivity index (χ1) is 5.15. The molecule has 0 atom stereocenters. The van der Waals surface area contributed by atoms with E-state index in [0.29, 0.717) is 6.54 Å². The van der Waals surface area contributed by atoms with Crippen LogP contribution in [0.2, 0.25) is 0 Å².